The van der Waals surface area contributed by atoms with E-state index in [1.165, 1.54) is 186 Å². The number of rotatable bonds is 93. The van der Waals surface area contributed by atoms with Crippen LogP contribution in [-0.4, -0.2) is 95.9 Å². The molecular formula is C107H180O16P2. The van der Waals surface area contributed by atoms with Gasteiger partial charge in [0.2, 0.25) is 0 Å². The molecule has 5 atom stereocenters. The van der Waals surface area contributed by atoms with Gasteiger partial charge in [-0.05, 0) is 161 Å². The Hall–Kier alpha value is -5.61. The molecular weight excluding hydrogens is 1600 g/mol. The number of esters is 3. The lowest BCUT2D eigenvalue weighted by atomic mass is 10.0. The van der Waals surface area contributed by atoms with Crippen LogP contribution in [0.3, 0.4) is 0 Å². The summed E-state index contributed by atoms with van der Waals surface area (Å²) in [7, 11) is -9.83. The number of hydrogen-bond donors (Lipinski definition) is 4. The molecule has 0 aromatic heterocycles. The van der Waals surface area contributed by atoms with Crippen LogP contribution in [0.5, 0.6) is 0 Å². The fourth-order valence-corrected chi connectivity index (χ4v) is 15.0. The third kappa shape index (κ3) is 98.8. The van der Waals surface area contributed by atoms with Crippen molar-refractivity contribution in [1.29, 1.82) is 0 Å². The lowest BCUT2D eigenvalue weighted by molar-refractivity contribution is -0.161. The number of aliphatic hydroxyl groups excluding tert-OH is 2. The van der Waals surface area contributed by atoms with Gasteiger partial charge < -0.3 is 34.2 Å². The van der Waals surface area contributed by atoms with Crippen molar-refractivity contribution in [2.75, 3.05) is 39.6 Å². The smallest absolute Gasteiger partial charge is 0.463 e. The summed E-state index contributed by atoms with van der Waals surface area (Å²) >= 11 is 0. The highest BCUT2D eigenvalue weighted by molar-refractivity contribution is 7.47. The van der Waals surface area contributed by atoms with Gasteiger partial charge in [0.1, 0.15) is 25.4 Å². The maximum atomic E-state index is 13.1. The number of carbonyl (C=O) groups is 3. The quantitative estimate of drug-likeness (QED) is 0.0146. The number of allylic oxidation sites excluding steroid dienone is 32. The van der Waals surface area contributed by atoms with Crippen LogP contribution < -0.4 is 0 Å². The number of phosphoric acid groups is 2. The minimum absolute atomic E-state index is 0.0456. The summed E-state index contributed by atoms with van der Waals surface area (Å²) in [5.41, 5.74) is 0. The fraction of sp³-hybridized carbons (Fsp3) is 0.673. The van der Waals surface area contributed by atoms with Crippen LogP contribution in [0.1, 0.15) is 406 Å². The van der Waals surface area contributed by atoms with Gasteiger partial charge in [-0.3, -0.25) is 32.5 Å². The highest BCUT2D eigenvalue weighted by Crippen LogP contribution is 2.45. The molecule has 0 radical (unpaired) electrons. The molecule has 0 aliphatic rings. The van der Waals surface area contributed by atoms with E-state index in [-0.39, 0.29) is 19.3 Å². The Bertz CT molecular complexity index is 3050. The van der Waals surface area contributed by atoms with Crippen LogP contribution in [0, 0.1) is 0 Å². The first-order valence-electron chi connectivity index (χ1n) is 49.7. The summed E-state index contributed by atoms with van der Waals surface area (Å²) in [6.45, 7) is 2.34. The Balaban J connectivity index is 4.54. The second-order valence-electron chi connectivity index (χ2n) is 32.8. The number of hydrogen-bond acceptors (Lipinski definition) is 14. The summed E-state index contributed by atoms with van der Waals surface area (Å²) < 4.78 is 61.5. The molecule has 4 N–H and O–H groups in total. The molecule has 0 aromatic rings. The summed E-state index contributed by atoms with van der Waals surface area (Å²) in [6, 6.07) is 0. The average molecular weight is 1780 g/mol. The van der Waals surface area contributed by atoms with E-state index in [2.05, 4.69) is 215 Å². The van der Waals surface area contributed by atoms with Crippen LogP contribution >= 0.6 is 15.6 Å². The number of ether oxygens (including phenoxy) is 3. The van der Waals surface area contributed by atoms with Crippen LogP contribution in [0.4, 0.5) is 0 Å². The molecule has 18 heteroatoms. The van der Waals surface area contributed by atoms with E-state index in [0.29, 0.717) is 25.7 Å². The Labute approximate surface area is 763 Å². The maximum Gasteiger partial charge on any atom is 0.472 e. The first-order chi connectivity index (χ1) is 61.2. The molecule has 714 valence electrons. The number of carbonyl (C=O) groups excluding carboxylic acids is 3. The predicted octanol–water partition coefficient (Wildman–Crippen LogP) is 31.3. The first-order valence-corrected chi connectivity index (χ1v) is 52.7. The van der Waals surface area contributed by atoms with Crippen molar-refractivity contribution in [2.24, 2.45) is 0 Å². The molecule has 16 nitrogen and oxygen atoms in total. The normalized spacial score (nSPS) is 14.5. The average Bonchev–Trinajstić information content (AvgIpc) is 0.899. The lowest BCUT2D eigenvalue weighted by Crippen LogP contribution is -2.30. The molecule has 0 aromatic carbocycles. The van der Waals surface area contributed by atoms with Crippen LogP contribution in [0.25, 0.3) is 0 Å². The van der Waals surface area contributed by atoms with Crippen molar-refractivity contribution in [3.8, 4) is 0 Å². The van der Waals surface area contributed by atoms with E-state index in [1.54, 1.807) is 0 Å². The number of aliphatic hydroxyl groups is 2. The van der Waals surface area contributed by atoms with Crippen molar-refractivity contribution >= 4 is 33.6 Å². The molecule has 125 heavy (non-hydrogen) atoms. The molecule has 0 saturated heterocycles. The van der Waals surface area contributed by atoms with Gasteiger partial charge in [-0.25, -0.2) is 9.13 Å². The highest BCUT2D eigenvalue weighted by atomic mass is 31.2. The molecule has 0 aliphatic carbocycles. The summed E-state index contributed by atoms with van der Waals surface area (Å²) in [5.74, 6) is -1.62. The molecule has 0 spiro atoms. The van der Waals surface area contributed by atoms with E-state index < -0.39 is 91.5 Å². The van der Waals surface area contributed by atoms with Crippen LogP contribution in [-0.2, 0) is 55.8 Å². The largest absolute Gasteiger partial charge is 0.472 e. The van der Waals surface area contributed by atoms with Gasteiger partial charge in [0.15, 0.2) is 6.10 Å². The molecule has 0 aliphatic heterocycles. The van der Waals surface area contributed by atoms with Gasteiger partial charge in [-0.1, -0.05) is 421 Å². The second-order valence-corrected chi connectivity index (χ2v) is 35.7. The zero-order valence-corrected chi connectivity index (χ0v) is 80.7. The molecule has 0 rings (SSSR count). The molecule has 0 amide bonds. The Kier molecular flexibility index (Phi) is 93.1. The highest BCUT2D eigenvalue weighted by Gasteiger charge is 2.30. The minimum Gasteiger partial charge on any atom is -0.463 e. The molecule has 0 bridgehead atoms. The second kappa shape index (κ2) is 97.4. The Morgan fingerprint density at radius 3 is 0.648 bits per heavy atom. The van der Waals surface area contributed by atoms with Crippen LogP contribution in [0.15, 0.2) is 194 Å². The Morgan fingerprint density at radius 1 is 0.224 bits per heavy atom. The number of unbranched alkanes of at least 4 members (excludes halogenated alkanes) is 38. The zero-order chi connectivity index (χ0) is 90.7. The van der Waals surface area contributed by atoms with Gasteiger partial charge in [0, 0.05) is 19.3 Å². The van der Waals surface area contributed by atoms with Crippen molar-refractivity contribution < 1.29 is 75.8 Å². The monoisotopic (exact) mass is 1780 g/mol. The third-order valence-electron chi connectivity index (χ3n) is 20.8. The van der Waals surface area contributed by atoms with E-state index in [1.807, 2.05) is 0 Å². The minimum atomic E-state index is -4.96. The standard InChI is InChI=1S/C107H180O16P2/c1-4-7-10-13-16-19-22-25-28-31-34-37-39-41-43-45-47-49-50-52-54-55-57-59-61-64-66-69-72-75-78-81-84-87-90-93-105(110)117-96-102(108)97-119-124(113,114)120-98-103(109)99-121-125(115,116)122-101-104(123-107(112)95-92-89-86-83-80-77-74-71-68-63-36-33-30-27-24-21-18-15-12-9-6-3)100-118-106(111)94-91-88-85-82-79-76-73-70-67-65-62-60-58-56-53-51-48-46-44-42-40-38-35-32-29-26-23-20-17-14-11-8-5-2/h7-12,16-21,25-30,34-38,41-44,63,71,74,80,83,102-104,108-109H,4-6,13-15,22-24,31-33,39-40,45-62,64-70,72-73,75-79,81-82,84-101H2,1-3H3,(H,113,114)(H,115,116)/b10-7-,11-8-,12-9-,19-16-,20-17-,21-18-,28-25-,29-26-,30-27-,37-34-,38-35-,43-41-,44-42-,63-36-,74-71-,83-80-. The van der Waals surface area contributed by atoms with Crippen LogP contribution in [0.2, 0.25) is 0 Å². The van der Waals surface area contributed by atoms with Crippen molar-refractivity contribution in [1.82, 2.24) is 0 Å². The molecule has 0 fully saturated rings. The third-order valence-corrected chi connectivity index (χ3v) is 22.7. The van der Waals surface area contributed by atoms with E-state index in [4.69, 9.17) is 32.3 Å². The van der Waals surface area contributed by atoms with Gasteiger partial charge in [-0.2, -0.15) is 0 Å². The summed E-state index contributed by atoms with van der Waals surface area (Å²) in [4.78, 5) is 59.1. The van der Waals surface area contributed by atoms with Crippen molar-refractivity contribution in [3.63, 3.8) is 0 Å². The number of phosphoric ester groups is 2. The summed E-state index contributed by atoms with van der Waals surface area (Å²) in [6.07, 6.45) is 131. The SMILES string of the molecule is CC/C=C\C/C=C\C/C=C\C/C=C\C/C=C\C/C=C\CCCCC(=O)OC(COC(=O)CCCCCCCCCCCCCCCCCCC/C=C\C/C=C\C/C=C\C/C=C\C/C=C\CC)COP(=O)(O)OCC(O)COP(=O)(O)OCC(O)COC(=O)CCCCCCCCCCCCCCCCCCCCC/C=C\C/C=C\C/C=C\C/C=C\C/C=C\CC. The first kappa shape index (κ1) is 119. The molecule has 0 saturated carbocycles. The van der Waals surface area contributed by atoms with Gasteiger partial charge in [-0.15, -0.1) is 0 Å². The topological polar surface area (TPSA) is 231 Å². The Morgan fingerprint density at radius 2 is 0.400 bits per heavy atom. The lowest BCUT2D eigenvalue weighted by Gasteiger charge is -2.21. The van der Waals surface area contributed by atoms with Gasteiger partial charge in [0.05, 0.1) is 26.4 Å². The van der Waals surface area contributed by atoms with E-state index >= 15 is 0 Å². The fourth-order valence-electron chi connectivity index (χ4n) is 13.4. The predicted molar refractivity (Wildman–Crippen MR) is 528 cm³/mol. The summed E-state index contributed by atoms with van der Waals surface area (Å²) in [5, 5.41) is 20.8. The van der Waals surface area contributed by atoms with Gasteiger partial charge >= 0.3 is 33.6 Å². The van der Waals surface area contributed by atoms with Gasteiger partial charge in [0.25, 0.3) is 0 Å². The maximum absolute atomic E-state index is 13.1. The molecule has 0 heterocycles. The van der Waals surface area contributed by atoms with Crippen molar-refractivity contribution in [3.05, 3.63) is 194 Å². The van der Waals surface area contributed by atoms with E-state index in [0.717, 1.165) is 154 Å². The zero-order valence-electron chi connectivity index (χ0n) is 79.0. The van der Waals surface area contributed by atoms with E-state index in [9.17, 15) is 43.5 Å². The van der Waals surface area contributed by atoms with Crippen molar-refractivity contribution in [2.45, 2.75) is 424 Å². The molecule has 5 unspecified atom stereocenters.